The molecule has 0 aromatic rings. The van der Waals surface area contributed by atoms with Gasteiger partial charge in [0.05, 0.1) is 12.2 Å². The molecule has 0 aromatic carbocycles. The Bertz CT molecular complexity index is 134. The van der Waals surface area contributed by atoms with Gasteiger partial charge in [-0.1, -0.05) is 6.08 Å². The van der Waals surface area contributed by atoms with E-state index in [1.165, 1.54) is 0 Å². The summed E-state index contributed by atoms with van der Waals surface area (Å²) in [4.78, 5) is 0. The van der Waals surface area contributed by atoms with Crippen LogP contribution in [0.25, 0.3) is 0 Å². The molecule has 0 spiro atoms. The quantitative estimate of drug-likeness (QED) is 0.583. The van der Waals surface area contributed by atoms with Crippen molar-refractivity contribution in [2.24, 2.45) is 0 Å². The summed E-state index contributed by atoms with van der Waals surface area (Å²) in [5.74, 6) is 0. The van der Waals surface area contributed by atoms with E-state index in [9.17, 15) is 5.11 Å². The minimum atomic E-state index is -0.350. The lowest BCUT2D eigenvalue weighted by Crippen LogP contribution is -2.27. The summed E-state index contributed by atoms with van der Waals surface area (Å²) < 4.78 is 5.50. The fraction of sp³-hybridized carbons (Fsp3) is 0.778. The largest absolute Gasteiger partial charge is 0.390 e. The van der Waals surface area contributed by atoms with E-state index in [0.717, 1.165) is 19.3 Å². The topological polar surface area (TPSA) is 29.5 Å². The Hall–Kier alpha value is -0.340. The molecule has 1 aliphatic rings. The van der Waals surface area contributed by atoms with Crippen molar-refractivity contribution in [3.05, 3.63) is 12.7 Å². The molecule has 1 saturated heterocycles. The second kappa shape index (κ2) is 3.88. The number of aliphatic hydroxyl groups is 1. The van der Waals surface area contributed by atoms with Gasteiger partial charge in [-0.3, -0.25) is 0 Å². The molecule has 11 heavy (non-hydrogen) atoms. The van der Waals surface area contributed by atoms with Crippen molar-refractivity contribution in [1.29, 1.82) is 0 Å². The molecule has 0 amide bonds. The molecule has 1 fully saturated rings. The molecule has 3 unspecified atom stereocenters. The van der Waals surface area contributed by atoms with Crippen LogP contribution < -0.4 is 0 Å². The predicted octanol–water partition coefficient (Wildman–Crippen LogP) is 1.49. The molecule has 0 aromatic heterocycles. The first kappa shape index (κ1) is 8.75. The van der Waals surface area contributed by atoms with Crippen LogP contribution in [0.3, 0.4) is 0 Å². The predicted molar refractivity (Wildman–Crippen MR) is 44.4 cm³/mol. The number of hydrogen-bond donors (Lipinski definition) is 1. The standard InChI is InChI=1S/C9H16O2/c1-3-9-8(10)6-4-5-7(2)11-9/h3,7-10H,1,4-6H2,2H3. The molecule has 3 atom stereocenters. The van der Waals surface area contributed by atoms with Crippen LogP contribution in [0.1, 0.15) is 26.2 Å². The lowest BCUT2D eigenvalue weighted by atomic mass is 10.1. The smallest absolute Gasteiger partial charge is 0.102 e. The lowest BCUT2D eigenvalue weighted by molar-refractivity contribution is -0.0316. The van der Waals surface area contributed by atoms with E-state index in [1.54, 1.807) is 6.08 Å². The first-order chi connectivity index (χ1) is 5.24. The highest BCUT2D eigenvalue weighted by Gasteiger charge is 2.22. The van der Waals surface area contributed by atoms with Crippen LogP contribution in [-0.4, -0.2) is 23.4 Å². The van der Waals surface area contributed by atoms with Gasteiger partial charge in [0.15, 0.2) is 0 Å². The SMILES string of the molecule is C=CC1OC(C)CCCC1O. The van der Waals surface area contributed by atoms with Gasteiger partial charge in [0.2, 0.25) is 0 Å². The summed E-state index contributed by atoms with van der Waals surface area (Å²) in [5.41, 5.74) is 0. The Balaban J connectivity index is 2.51. The third kappa shape index (κ3) is 2.31. The van der Waals surface area contributed by atoms with Crippen LogP contribution in [0.2, 0.25) is 0 Å². The van der Waals surface area contributed by atoms with Gasteiger partial charge < -0.3 is 9.84 Å². The molecule has 1 heterocycles. The normalized spacial score (nSPS) is 39.6. The van der Waals surface area contributed by atoms with Gasteiger partial charge in [-0.05, 0) is 26.2 Å². The van der Waals surface area contributed by atoms with Crippen molar-refractivity contribution >= 4 is 0 Å². The van der Waals surface area contributed by atoms with Gasteiger partial charge >= 0.3 is 0 Å². The molecule has 2 nitrogen and oxygen atoms in total. The van der Waals surface area contributed by atoms with E-state index >= 15 is 0 Å². The van der Waals surface area contributed by atoms with Crippen LogP contribution in [0, 0.1) is 0 Å². The number of ether oxygens (including phenoxy) is 1. The molecule has 1 rings (SSSR count). The third-order valence-electron chi connectivity index (χ3n) is 2.11. The zero-order valence-electron chi connectivity index (χ0n) is 6.99. The Kier molecular flexibility index (Phi) is 3.09. The fourth-order valence-electron chi connectivity index (χ4n) is 1.42. The van der Waals surface area contributed by atoms with Crippen LogP contribution in [-0.2, 0) is 4.74 Å². The maximum Gasteiger partial charge on any atom is 0.102 e. The van der Waals surface area contributed by atoms with Crippen molar-refractivity contribution in [2.45, 2.75) is 44.5 Å². The second-order valence-electron chi connectivity index (χ2n) is 3.15. The van der Waals surface area contributed by atoms with Gasteiger partial charge in [-0.2, -0.15) is 0 Å². The Morgan fingerprint density at radius 1 is 1.55 bits per heavy atom. The monoisotopic (exact) mass is 156 g/mol. The maximum atomic E-state index is 9.47. The van der Waals surface area contributed by atoms with Crippen molar-refractivity contribution in [3.8, 4) is 0 Å². The summed E-state index contributed by atoms with van der Waals surface area (Å²) in [6, 6.07) is 0. The molecule has 2 heteroatoms. The molecule has 0 saturated carbocycles. The van der Waals surface area contributed by atoms with Gasteiger partial charge in [-0.15, -0.1) is 6.58 Å². The first-order valence-corrected chi connectivity index (χ1v) is 4.20. The summed E-state index contributed by atoms with van der Waals surface area (Å²) in [6.45, 7) is 5.66. The van der Waals surface area contributed by atoms with Crippen LogP contribution in [0.15, 0.2) is 12.7 Å². The Labute approximate surface area is 67.9 Å². The third-order valence-corrected chi connectivity index (χ3v) is 2.11. The fourth-order valence-corrected chi connectivity index (χ4v) is 1.42. The van der Waals surface area contributed by atoms with E-state index in [0.29, 0.717) is 0 Å². The van der Waals surface area contributed by atoms with Gasteiger partial charge in [0, 0.05) is 0 Å². The Morgan fingerprint density at radius 2 is 2.27 bits per heavy atom. The molecule has 0 bridgehead atoms. The number of rotatable bonds is 1. The van der Waals surface area contributed by atoms with Gasteiger partial charge in [0.25, 0.3) is 0 Å². The highest BCUT2D eigenvalue weighted by molar-refractivity contribution is 4.88. The van der Waals surface area contributed by atoms with E-state index in [1.807, 2.05) is 6.92 Å². The zero-order chi connectivity index (χ0) is 8.27. The van der Waals surface area contributed by atoms with Crippen molar-refractivity contribution < 1.29 is 9.84 Å². The maximum absolute atomic E-state index is 9.47. The van der Waals surface area contributed by atoms with E-state index < -0.39 is 0 Å². The number of aliphatic hydroxyl groups excluding tert-OH is 1. The van der Waals surface area contributed by atoms with Crippen LogP contribution in [0.5, 0.6) is 0 Å². The van der Waals surface area contributed by atoms with E-state index in [2.05, 4.69) is 6.58 Å². The van der Waals surface area contributed by atoms with E-state index in [-0.39, 0.29) is 18.3 Å². The highest BCUT2D eigenvalue weighted by atomic mass is 16.5. The van der Waals surface area contributed by atoms with Crippen molar-refractivity contribution in [2.75, 3.05) is 0 Å². The molecule has 64 valence electrons. The lowest BCUT2D eigenvalue weighted by Gasteiger charge is -2.18. The summed E-state index contributed by atoms with van der Waals surface area (Å²) >= 11 is 0. The van der Waals surface area contributed by atoms with E-state index in [4.69, 9.17) is 4.74 Å². The Morgan fingerprint density at radius 3 is 2.91 bits per heavy atom. The minimum Gasteiger partial charge on any atom is -0.390 e. The second-order valence-corrected chi connectivity index (χ2v) is 3.15. The van der Waals surface area contributed by atoms with Crippen molar-refractivity contribution in [3.63, 3.8) is 0 Å². The first-order valence-electron chi connectivity index (χ1n) is 4.20. The van der Waals surface area contributed by atoms with Gasteiger partial charge in [0.1, 0.15) is 6.10 Å². The molecule has 0 aliphatic carbocycles. The molecular formula is C9H16O2. The summed E-state index contributed by atoms with van der Waals surface area (Å²) in [6.07, 6.45) is 4.36. The minimum absolute atomic E-state index is 0.160. The average molecular weight is 156 g/mol. The average Bonchev–Trinajstić information content (AvgIpc) is 2.13. The summed E-state index contributed by atoms with van der Waals surface area (Å²) in [7, 11) is 0. The van der Waals surface area contributed by atoms with Crippen LogP contribution in [0.4, 0.5) is 0 Å². The summed E-state index contributed by atoms with van der Waals surface area (Å²) in [5, 5.41) is 9.47. The number of hydrogen-bond acceptors (Lipinski definition) is 2. The molecule has 1 aliphatic heterocycles. The van der Waals surface area contributed by atoms with Crippen LogP contribution >= 0.6 is 0 Å². The highest BCUT2D eigenvalue weighted by Crippen LogP contribution is 2.18. The van der Waals surface area contributed by atoms with Gasteiger partial charge in [-0.25, -0.2) is 0 Å². The molecule has 0 radical (unpaired) electrons. The molecule has 1 N–H and O–H groups in total. The molecular weight excluding hydrogens is 140 g/mol. The zero-order valence-corrected chi connectivity index (χ0v) is 6.99. The van der Waals surface area contributed by atoms with Crippen molar-refractivity contribution in [1.82, 2.24) is 0 Å².